The lowest BCUT2D eigenvalue weighted by molar-refractivity contribution is 0.278. The maximum Gasteiger partial charge on any atom is 0.0271 e. The van der Waals surface area contributed by atoms with Crippen molar-refractivity contribution in [2.24, 2.45) is 5.92 Å². The van der Waals surface area contributed by atoms with Crippen LogP contribution in [0.4, 0.5) is 0 Å². The van der Waals surface area contributed by atoms with Crippen LogP contribution in [0, 0.1) is 5.92 Å². The second-order valence-corrected chi connectivity index (χ2v) is 5.47. The van der Waals surface area contributed by atoms with Gasteiger partial charge in [-0.3, -0.25) is 4.98 Å². The van der Waals surface area contributed by atoms with Gasteiger partial charge < -0.3 is 10.2 Å². The third-order valence-electron chi connectivity index (χ3n) is 4.11. The number of rotatable bonds is 6. The second kappa shape index (κ2) is 6.86. The van der Waals surface area contributed by atoms with Gasteiger partial charge in [-0.05, 0) is 63.5 Å². The molecule has 1 heterocycles. The molecule has 0 bridgehead atoms. The van der Waals surface area contributed by atoms with E-state index in [0.717, 1.165) is 18.5 Å². The van der Waals surface area contributed by atoms with Crippen molar-refractivity contribution >= 4 is 0 Å². The summed E-state index contributed by atoms with van der Waals surface area (Å²) in [4.78, 5) is 6.47. The topological polar surface area (TPSA) is 28.2 Å². The van der Waals surface area contributed by atoms with Gasteiger partial charge >= 0.3 is 0 Å². The molecule has 0 radical (unpaired) electrons. The van der Waals surface area contributed by atoms with Crippen molar-refractivity contribution in [3.8, 4) is 0 Å². The van der Waals surface area contributed by atoms with E-state index in [9.17, 15) is 0 Å². The minimum atomic E-state index is 0.749. The highest BCUT2D eigenvalue weighted by atomic mass is 15.1. The molecule has 1 aromatic rings. The molecule has 18 heavy (non-hydrogen) atoms. The van der Waals surface area contributed by atoms with E-state index in [1.54, 1.807) is 0 Å². The molecule has 2 atom stereocenters. The molecule has 1 aliphatic rings. The maximum absolute atomic E-state index is 4.06. The van der Waals surface area contributed by atoms with Gasteiger partial charge in [0.25, 0.3) is 0 Å². The van der Waals surface area contributed by atoms with Crippen molar-refractivity contribution in [1.82, 2.24) is 15.2 Å². The summed E-state index contributed by atoms with van der Waals surface area (Å²) < 4.78 is 0. The van der Waals surface area contributed by atoms with Gasteiger partial charge in [0.1, 0.15) is 0 Å². The van der Waals surface area contributed by atoms with Crippen molar-refractivity contribution in [2.75, 3.05) is 20.6 Å². The molecule has 1 saturated carbocycles. The molecule has 0 spiro atoms. The molecule has 2 unspecified atom stereocenters. The Morgan fingerprint density at radius 1 is 1.33 bits per heavy atom. The Labute approximate surface area is 111 Å². The highest BCUT2D eigenvalue weighted by Gasteiger charge is 2.25. The third-order valence-corrected chi connectivity index (χ3v) is 4.11. The predicted octanol–water partition coefficient (Wildman–Crippen LogP) is 2.29. The Hall–Kier alpha value is -0.930. The van der Waals surface area contributed by atoms with Crippen LogP contribution in [0.1, 0.15) is 31.2 Å². The van der Waals surface area contributed by atoms with Crippen LogP contribution in [0.2, 0.25) is 0 Å². The molecular weight excluding hydrogens is 222 g/mol. The van der Waals surface area contributed by atoms with E-state index in [4.69, 9.17) is 0 Å². The van der Waals surface area contributed by atoms with E-state index in [0.29, 0.717) is 0 Å². The molecule has 2 rings (SSSR count). The van der Waals surface area contributed by atoms with Crippen LogP contribution >= 0.6 is 0 Å². The first-order valence-electron chi connectivity index (χ1n) is 7.04. The fourth-order valence-corrected chi connectivity index (χ4v) is 3.03. The van der Waals surface area contributed by atoms with Gasteiger partial charge in [0.2, 0.25) is 0 Å². The highest BCUT2D eigenvalue weighted by Crippen LogP contribution is 2.28. The fourth-order valence-electron chi connectivity index (χ4n) is 3.03. The molecule has 1 fully saturated rings. The van der Waals surface area contributed by atoms with Gasteiger partial charge in [0.15, 0.2) is 0 Å². The first kappa shape index (κ1) is 13.5. The van der Waals surface area contributed by atoms with Crippen molar-refractivity contribution in [1.29, 1.82) is 0 Å². The van der Waals surface area contributed by atoms with Crippen LogP contribution in [0.3, 0.4) is 0 Å². The summed E-state index contributed by atoms with van der Waals surface area (Å²) in [6, 6.07) is 4.95. The Bertz CT molecular complexity index is 339. The number of hydrogen-bond acceptors (Lipinski definition) is 3. The molecule has 3 nitrogen and oxygen atoms in total. The zero-order chi connectivity index (χ0) is 12.8. The molecule has 0 aliphatic heterocycles. The molecule has 1 aromatic heterocycles. The van der Waals surface area contributed by atoms with E-state index in [1.807, 2.05) is 12.4 Å². The van der Waals surface area contributed by atoms with E-state index >= 15 is 0 Å². The lowest BCUT2D eigenvalue weighted by Crippen LogP contribution is -2.31. The Kier molecular flexibility index (Phi) is 5.14. The molecular formula is C15H25N3. The zero-order valence-electron chi connectivity index (χ0n) is 11.6. The van der Waals surface area contributed by atoms with Gasteiger partial charge in [-0.15, -0.1) is 0 Å². The molecule has 1 aliphatic carbocycles. The number of pyridine rings is 1. The standard InChI is InChI=1S/C15H25N3/c1-16-15-5-3-4-14(15)8-11-18(2)12-13-6-9-17-10-7-13/h6-7,9-10,14-16H,3-5,8,11-12H2,1-2H3. The average molecular weight is 247 g/mol. The normalized spacial score (nSPS) is 23.7. The molecule has 1 N–H and O–H groups in total. The van der Waals surface area contributed by atoms with Crippen LogP contribution in [-0.2, 0) is 6.54 Å². The smallest absolute Gasteiger partial charge is 0.0271 e. The monoisotopic (exact) mass is 247 g/mol. The van der Waals surface area contributed by atoms with Crippen LogP contribution in [0.15, 0.2) is 24.5 Å². The van der Waals surface area contributed by atoms with E-state index < -0.39 is 0 Å². The van der Waals surface area contributed by atoms with Crippen LogP contribution in [0.5, 0.6) is 0 Å². The van der Waals surface area contributed by atoms with Crippen LogP contribution in [-0.4, -0.2) is 36.6 Å². The Morgan fingerprint density at radius 3 is 2.83 bits per heavy atom. The Balaban J connectivity index is 1.73. The van der Waals surface area contributed by atoms with E-state index in [2.05, 4.69) is 41.4 Å². The third kappa shape index (κ3) is 3.79. The molecule has 0 aromatic carbocycles. The van der Waals surface area contributed by atoms with Crippen molar-refractivity contribution < 1.29 is 0 Å². The summed E-state index contributed by atoms with van der Waals surface area (Å²) in [5, 5.41) is 3.46. The van der Waals surface area contributed by atoms with Gasteiger partial charge in [-0.1, -0.05) is 6.42 Å². The van der Waals surface area contributed by atoms with Crippen LogP contribution < -0.4 is 5.32 Å². The van der Waals surface area contributed by atoms with Gasteiger partial charge in [-0.2, -0.15) is 0 Å². The fraction of sp³-hybridized carbons (Fsp3) is 0.667. The summed E-state index contributed by atoms with van der Waals surface area (Å²) >= 11 is 0. The first-order chi connectivity index (χ1) is 8.79. The van der Waals surface area contributed by atoms with E-state index in [1.165, 1.54) is 37.8 Å². The summed E-state index contributed by atoms with van der Waals surface area (Å²) in [6.07, 6.45) is 9.20. The number of aromatic nitrogens is 1. The predicted molar refractivity (Wildman–Crippen MR) is 75.4 cm³/mol. The lowest BCUT2D eigenvalue weighted by atomic mass is 9.99. The van der Waals surface area contributed by atoms with E-state index in [-0.39, 0.29) is 0 Å². The minimum Gasteiger partial charge on any atom is -0.317 e. The van der Waals surface area contributed by atoms with Crippen molar-refractivity contribution in [3.05, 3.63) is 30.1 Å². The SMILES string of the molecule is CNC1CCCC1CCN(C)Cc1ccncc1. The largest absolute Gasteiger partial charge is 0.317 e. The first-order valence-corrected chi connectivity index (χ1v) is 7.04. The summed E-state index contributed by atoms with van der Waals surface area (Å²) in [7, 11) is 4.31. The molecule has 3 heteroatoms. The van der Waals surface area contributed by atoms with Crippen LogP contribution in [0.25, 0.3) is 0 Å². The van der Waals surface area contributed by atoms with Gasteiger partial charge in [-0.25, -0.2) is 0 Å². The second-order valence-electron chi connectivity index (χ2n) is 5.47. The lowest BCUT2D eigenvalue weighted by Gasteiger charge is -2.23. The summed E-state index contributed by atoms with van der Waals surface area (Å²) in [6.45, 7) is 2.21. The minimum absolute atomic E-state index is 0.749. The molecule has 0 saturated heterocycles. The van der Waals surface area contributed by atoms with Crippen molar-refractivity contribution in [3.63, 3.8) is 0 Å². The molecule has 100 valence electrons. The zero-order valence-corrected chi connectivity index (χ0v) is 11.6. The number of hydrogen-bond donors (Lipinski definition) is 1. The quantitative estimate of drug-likeness (QED) is 0.836. The molecule has 0 amide bonds. The summed E-state index contributed by atoms with van der Waals surface area (Å²) in [5.74, 6) is 0.870. The Morgan fingerprint density at radius 2 is 2.11 bits per heavy atom. The van der Waals surface area contributed by atoms with Crippen molar-refractivity contribution in [2.45, 2.75) is 38.3 Å². The highest BCUT2D eigenvalue weighted by molar-refractivity contribution is 5.09. The number of nitrogens with one attached hydrogen (secondary N) is 1. The van der Waals surface area contributed by atoms with Gasteiger partial charge in [0, 0.05) is 25.0 Å². The van der Waals surface area contributed by atoms with Gasteiger partial charge in [0.05, 0.1) is 0 Å². The number of nitrogens with zero attached hydrogens (tertiary/aromatic N) is 2. The summed E-state index contributed by atoms with van der Waals surface area (Å²) in [5.41, 5.74) is 1.35. The maximum atomic E-state index is 4.06. The average Bonchev–Trinajstić information content (AvgIpc) is 2.85.